The third-order valence-electron chi connectivity index (χ3n) is 2.12. The molecule has 2 aromatic heterocycles. The Hall–Kier alpha value is -1.85. The summed E-state index contributed by atoms with van der Waals surface area (Å²) in [5.74, 6) is 0. The van der Waals surface area contributed by atoms with E-state index in [1.807, 2.05) is 18.5 Å². The van der Waals surface area contributed by atoms with Crippen LogP contribution in [0.3, 0.4) is 0 Å². The summed E-state index contributed by atoms with van der Waals surface area (Å²) in [5, 5.41) is 6.92. The van der Waals surface area contributed by atoms with Crippen LogP contribution in [0, 0.1) is 0 Å². The molecule has 0 aliphatic heterocycles. The molecule has 0 unspecified atom stereocenters. The highest BCUT2D eigenvalue weighted by atomic mass is 19.3. The highest BCUT2D eigenvalue weighted by molar-refractivity contribution is 5.38. The number of hydrogen-bond donors (Lipinski definition) is 2. The SMILES string of the molecule is FC(F)Cn1cc(NCc2cc[nH]c2)cn1. The van der Waals surface area contributed by atoms with E-state index in [9.17, 15) is 8.78 Å². The predicted molar refractivity (Wildman–Crippen MR) is 56.4 cm³/mol. The van der Waals surface area contributed by atoms with Gasteiger partial charge >= 0.3 is 0 Å². The molecular formula is C10H12F2N4. The molecule has 2 N–H and O–H groups in total. The number of aromatic amines is 1. The Morgan fingerprint density at radius 2 is 2.38 bits per heavy atom. The average Bonchev–Trinajstić information content (AvgIpc) is 2.84. The zero-order chi connectivity index (χ0) is 11.4. The van der Waals surface area contributed by atoms with Crippen LogP contribution in [0.15, 0.2) is 30.9 Å². The number of halogens is 2. The molecule has 0 atom stereocenters. The second kappa shape index (κ2) is 4.78. The maximum absolute atomic E-state index is 12.1. The summed E-state index contributed by atoms with van der Waals surface area (Å²) < 4.78 is 25.3. The van der Waals surface area contributed by atoms with Crippen LogP contribution in [-0.2, 0) is 13.1 Å². The topological polar surface area (TPSA) is 45.6 Å². The number of nitrogens with one attached hydrogen (secondary N) is 2. The molecular weight excluding hydrogens is 214 g/mol. The fraction of sp³-hybridized carbons (Fsp3) is 0.300. The summed E-state index contributed by atoms with van der Waals surface area (Å²) >= 11 is 0. The number of anilines is 1. The zero-order valence-electron chi connectivity index (χ0n) is 8.53. The van der Waals surface area contributed by atoms with Crippen molar-refractivity contribution >= 4 is 5.69 Å². The van der Waals surface area contributed by atoms with Gasteiger partial charge in [0, 0.05) is 25.1 Å². The molecule has 6 heteroatoms. The molecule has 86 valence electrons. The van der Waals surface area contributed by atoms with Gasteiger partial charge < -0.3 is 10.3 Å². The van der Waals surface area contributed by atoms with E-state index in [2.05, 4.69) is 15.4 Å². The molecule has 0 amide bonds. The van der Waals surface area contributed by atoms with Crippen LogP contribution in [0.25, 0.3) is 0 Å². The molecule has 0 aliphatic rings. The Balaban J connectivity index is 1.88. The van der Waals surface area contributed by atoms with Crippen molar-refractivity contribution in [1.29, 1.82) is 0 Å². The minimum Gasteiger partial charge on any atom is -0.378 e. The lowest BCUT2D eigenvalue weighted by molar-refractivity contribution is 0.122. The second-order valence-corrected chi connectivity index (χ2v) is 3.41. The summed E-state index contributed by atoms with van der Waals surface area (Å²) in [6.45, 7) is 0.274. The molecule has 0 bridgehead atoms. The minimum absolute atomic E-state index is 0.369. The van der Waals surface area contributed by atoms with Crippen molar-refractivity contribution < 1.29 is 8.78 Å². The largest absolute Gasteiger partial charge is 0.378 e. The number of nitrogens with zero attached hydrogens (tertiary/aromatic N) is 2. The van der Waals surface area contributed by atoms with Crippen molar-refractivity contribution in [2.24, 2.45) is 0 Å². The Morgan fingerprint density at radius 1 is 1.50 bits per heavy atom. The van der Waals surface area contributed by atoms with Gasteiger partial charge in [0.15, 0.2) is 0 Å². The number of hydrogen-bond acceptors (Lipinski definition) is 2. The first kappa shape index (κ1) is 10.7. The summed E-state index contributed by atoms with van der Waals surface area (Å²) in [6.07, 6.45) is 4.43. The van der Waals surface area contributed by atoms with Gasteiger partial charge in [0.2, 0.25) is 0 Å². The third-order valence-corrected chi connectivity index (χ3v) is 2.12. The molecule has 0 saturated heterocycles. The lowest BCUT2D eigenvalue weighted by atomic mass is 10.3. The monoisotopic (exact) mass is 226 g/mol. The standard InChI is InChI=1S/C10H12F2N4/c11-10(12)7-16-6-9(5-15-16)14-4-8-1-2-13-3-8/h1-3,5-6,10,13-14H,4,7H2. The minimum atomic E-state index is -2.38. The van der Waals surface area contributed by atoms with Crippen molar-refractivity contribution in [2.75, 3.05) is 5.32 Å². The van der Waals surface area contributed by atoms with E-state index >= 15 is 0 Å². The van der Waals surface area contributed by atoms with Gasteiger partial charge in [-0.1, -0.05) is 0 Å². The Kier molecular flexibility index (Phi) is 3.19. The van der Waals surface area contributed by atoms with Crippen LogP contribution in [0.1, 0.15) is 5.56 Å². The van der Waals surface area contributed by atoms with E-state index in [4.69, 9.17) is 0 Å². The van der Waals surface area contributed by atoms with Gasteiger partial charge in [0.25, 0.3) is 6.43 Å². The zero-order valence-corrected chi connectivity index (χ0v) is 8.53. The van der Waals surface area contributed by atoms with E-state index in [1.54, 1.807) is 6.20 Å². The van der Waals surface area contributed by atoms with Crippen LogP contribution < -0.4 is 5.32 Å². The van der Waals surface area contributed by atoms with Gasteiger partial charge in [0.1, 0.15) is 6.54 Å². The fourth-order valence-electron chi connectivity index (χ4n) is 1.37. The summed E-state index contributed by atoms with van der Waals surface area (Å²) in [5.41, 5.74) is 1.84. The van der Waals surface area contributed by atoms with Crippen molar-refractivity contribution in [3.05, 3.63) is 36.4 Å². The highest BCUT2D eigenvalue weighted by Crippen LogP contribution is 2.08. The predicted octanol–water partition coefficient (Wildman–Crippen LogP) is 2.09. The molecule has 2 rings (SSSR count). The van der Waals surface area contributed by atoms with E-state index in [0.29, 0.717) is 6.54 Å². The normalized spacial score (nSPS) is 10.9. The molecule has 4 nitrogen and oxygen atoms in total. The molecule has 0 aliphatic carbocycles. The maximum atomic E-state index is 12.1. The van der Waals surface area contributed by atoms with E-state index < -0.39 is 6.43 Å². The van der Waals surface area contributed by atoms with E-state index in [0.717, 1.165) is 11.3 Å². The summed E-state index contributed by atoms with van der Waals surface area (Å²) in [6, 6.07) is 1.94. The molecule has 16 heavy (non-hydrogen) atoms. The molecule has 0 spiro atoms. The number of rotatable bonds is 5. The van der Waals surface area contributed by atoms with Gasteiger partial charge in [-0.3, -0.25) is 4.68 Å². The highest BCUT2D eigenvalue weighted by Gasteiger charge is 2.05. The van der Waals surface area contributed by atoms with Crippen molar-refractivity contribution in [1.82, 2.24) is 14.8 Å². The van der Waals surface area contributed by atoms with Crippen molar-refractivity contribution in [3.8, 4) is 0 Å². The van der Waals surface area contributed by atoms with Gasteiger partial charge in [-0.15, -0.1) is 0 Å². The Bertz CT molecular complexity index is 422. The summed E-state index contributed by atoms with van der Waals surface area (Å²) in [7, 11) is 0. The molecule has 0 aromatic carbocycles. The van der Waals surface area contributed by atoms with Gasteiger partial charge in [0.05, 0.1) is 11.9 Å². The second-order valence-electron chi connectivity index (χ2n) is 3.41. The lowest BCUT2D eigenvalue weighted by Crippen LogP contribution is -2.06. The van der Waals surface area contributed by atoms with E-state index in [-0.39, 0.29) is 6.54 Å². The first-order chi connectivity index (χ1) is 7.74. The van der Waals surface area contributed by atoms with Crippen LogP contribution in [0.5, 0.6) is 0 Å². The first-order valence-corrected chi connectivity index (χ1v) is 4.90. The van der Waals surface area contributed by atoms with Crippen LogP contribution in [0.2, 0.25) is 0 Å². The van der Waals surface area contributed by atoms with Crippen LogP contribution in [-0.4, -0.2) is 21.2 Å². The number of H-pyrrole nitrogens is 1. The first-order valence-electron chi connectivity index (χ1n) is 4.90. The van der Waals surface area contributed by atoms with Gasteiger partial charge in [-0.25, -0.2) is 8.78 Å². The fourth-order valence-corrected chi connectivity index (χ4v) is 1.37. The summed E-state index contributed by atoms with van der Waals surface area (Å²) in [4.78, 5) is 2.94. The number of alkyl halides is 2. The molecule has 2 heterocycles. The van der Waals surface area contributed by atoms with Crippen LogP contribution >= 0.6 is 0 Å². The Morgan fingerprint density at radius 3 is 3.06 bits per heavy atom. The Labute approximate surface area is 91.3 Å². The third kappa shape index (κ3) is 2.82. The average molecular weight is 226 g/mol. The lowest BCUT2D eigenvalue weighted by Gasteiger charge is -2.00. The quantitative estimate of drug-likeness (QED) is 0.820. The van der Waals surface area contributed by atoms with Gasteiger partial charge in [-0.2, -0.15) is 5.10 Å². The van der Waals surface area contributed by atoms with Crippen molar-refractivity contribution in [3.63, 3.8) is 0 Å². The molecule has 0 fully saturated rings. The number of aromatic nitrogens is 3. The van der Waals surface area contributed by atoms with Crippen molar-refractivity contribution in [2.45, 2.75) is 19.5 Å². The molecule has 0 radical (unpaired) electrons. The van der Waals surface area contributed by atoms with Crippen LogP contribution in [0.4, 0.5) is 14.5 Å². The van der Waals surface area contributed by atoms with Gasteiger partial charge in [-0.05, 0) is 11.6 Å². The molecule has 0 saturated carbocycles. The smallest absolute Gasteiger partial charge is 0.257 e. The molecule has 2 aromatic rings. The van der Waals surface area contributed by atoms with E-state index in [1.165, 1.54) is 10.9 Å². The maximum Gasteiger partial charge on any atom is 0.257 e.